The van der Waals surface area contributed by atoms with Crippen molar-refractivity contribution in [3.8, 4) is 11.5 Å². The van der Waals surface area contributed by atoms with Crippen molar-refractivity contribution in [3.05, 3.63) is 51.9 Å². The molecule has 0 atom stereocenters. The molecule has 0 bridgehead atoms. The molecule has 0 aliphatic carbocycles. The minimum atomic E-state index is -0.325. The van der Waals surface area contributed by atoms with Gasteiger partial charge in [0.15, 0.2) is 5.76 Å². The Morgan fingerprint density at radius 1 is 1.38 bits per heavy atom. The summed E-state index contributed by atoms with van der Waals surface area (Å²) in [5.41, 5.74) is 0.481. The normalized spacial score (nSPS) is 14.9. The van der Waals surface area contributed by atoms with Crippen LogP contribution < -0.4 is 9.47 Å². The number of fused-ring (bicyclic) bond motifs is 1. The van der Waals surface area contributed by atoms with Gasteiger partial charge in [-0.2, -0.15) is 0 Å². The number of allylic oxidation sites excluding steroid dienone is 1. The summed E-state index contributed by atoms with van der Waals surface area (Å²) >= 11 is 1.53. The van der Waals surface area contributed by atoms with Gasteiger partial charge in [-0.3, -0.25) is 9.59 Å². The maximum atomic E-state index is 12.2. The zero-order valence-corrected chi connectivity index (χ0v) is 12.1. The predicted octanol–water partition coefficient (Wildman–Crippen LogP) is 3.68. The predicted molar refractivity (Wildman–Crippen MR) is 79.6 cm³/mol. The Morgan fingerprint density at radius 2 is 2.24 bits per heavy atom. The number of ether oxygens (including phenoxy) is 2. The molecule has 1 aromatic carbocycles. The quantitative estimate of drug-likeness (QED) is 0.493. The molecule has 1 aromatic heterocycles. The molecule has 5 heteroatoms. The number of ketones is 1. The second kappa shape index (κ2) is 5.54. The topological polar surface area (TPSA) is 52.6 Å². The van der Waals surface area contributed by atoms with Crippen molar-refractivity contribution in [1.82, 2.24) is 0 Å². The van der Waals surface area contributed by atoms with E-state index in [9.17, 15) is 9.59 Å². The minimum Gasteiger partial charge on any atom is -0.452 e. The summed E-state index contributed by atoms with van der Waals surface area (Å²) in [4.78, 5) is 24.4. The Hall–Kier alpha value is -2.40. The molecule has 1 aliphatic heterocycles. The molecule has 0 N–H and O–H groups in total. The van der Waals surface area contributed by atoms with Crippen molar-refractivity contribution in [2.24, 2.45) is 0 Å². The SMILES string of the molecule is CCC(=O)Oc1ccc2c(c1)O/C(=C\c1cccs1)C2=O. The van der Waals surface area contributed by atoms with Gasteiger partial charge in [-0.1, -0.05) is 13.0 Å². The van der Waals surface area contributed by atoms with Crippen molar-refractivity contribution in [2.75, 3.05) is 0 Å². The van der Waals surface area contributed by atoms with E-state index in [1.165, 1.54) is 11.3 Å². The van der Waals surface area contributed by atoms with E-state index < -0.39 is 0 Å². The maximum Gasteiger partial charge on any atom is 0.310 e. The van der Waals surface area contributed by atoms with E-state index in [0.717, 1.165) is 4.88 Å². The Balaban J connectivity index is 1.87. The lowest BCUT2D eigenvalue weighted by atomic mass is 10.1. The third-order valence-electron chi connectivity index (χ3n) is 2.98. The van der Waals surface area contributed by atoms with Crippen LogP contribution in [0.4, 0.5) is 0 Å². The van der Waals surface area contributed by atoms with Gasteiger partial charge in [0.1, 0.15) is 11.5 Å². The summed E-state index contributed by atoms with van der Waals surface area (Å²) in [6, 6.07) is 8.60. The molecule has 0 fully saturated rings. The van der Waals surface area contributed by atoms with E-state index in [0.29, 0.717) is 23.5 Å². The van der Waals surface area contributed by atoms with Crippen LogP contribution in [0.5, 0.6) is 11.5 Å². The molecule has 0 spiro atoms. The van der Waals surface area contributed by atoms with Crippen LogP contribution in [0, 0.1) is 0 Å². The Bertz CT molecular complexity index is 729. The van der Waals surface area contributed by atoms with Gasteiger partial charge in [-0.15, -0.1) is 11.3 Å². The largest absolute Gasteiger partial charge is 0.452 e. The molecule has 2 aromatic rings. The van der Waals surface area contributed by atoms with Crippen LogP contribution in [0.3, 0.4) is 0 Å². The maximum absolute atomic E-state index is 12.2. The molecule has 3 rings (SSSR count). The van der Waals surface area contributed by atoms with Crippen LogP contribution in [0.25, 0.3) is 6.08 Å². The number of hydrogen-bond acceptors (Lipinski definition) is 5. The van der Waals surface area contributed by atoms with Gasteiger partial charge in [0.05, 0.1) is 5.56 Å². The van der Waals surface area contributed by atoms with Gasteiger partial charge in [0.25, 0.3) is 0 Å². The van der Waals surface area contributed by atoms with E-state index in [4.69, 9.17) is 9.47 Å². The molecule has 0 saturated carbocycles. The summed E-state index contributed by atoms with van der Waals surface area (Å²) in [5, 5.41) is 1.93. The van der Waals surface area contributed by atoms with Crippen molar-refractivity contribution >= 4 is 29.2 Å². The van der Waals surface area contributed by atoms with Crippen LogP contribution in [0.1, 0.15) is 28.6 Å². The van der Waals surface area contributed by atoms with Gasteiger partial charge in [0.2, 0.25) is 5.78 Å². The van der Waals surface area contributed by atoms with Crippen molar-refractivity contribution < 1.29 is 19.1 Å². The molecule has 0 radical (unpaired) electrons. The van der Waals surface area contributed by atoms with Crippen LogP contribution in [-0.2, 0) is 4.79 Å². The molecule has 21 heavy (non-hydrogen) atoms. The fraction of sp³-hybridized carbons (Fsp3) is 0.125. The van der Waals surface area contributed by atoms with Crippen molar-refractivity contribution in [3.63, 3.8) is 0 Å². The first-order valence-electron chi connectivity index (χ1n) is 6.50. The van der Waals surface area contributed by atoms with Gasteiger partial charge >= 0.3 is 5.97 Å². The van der Waals surface area contributed by atoms with E-state index >= 15 is 0 Å². The molecular formula is C16H12O4S. The molecule has 0 saturated heterocycles. The summed E-state index contributed by atoms with van der Waals surface area (Å²) < 4.78 is 10.7. The van der Waals surface area contributed by atoms with Crippen LogP contribution in [0.15, 0.2) is 41.5 Å². The summed E-state index contributed by atoms with van der Waals surface area (Å²) in [7, 11) is 0. The van der Waals surface area contributed by atoms with Crippen LogP contribution >= 0.6 is 11.3 Å². The third-order valence-corrected chi connectivity index (χ3v) is 3.80. The highest BCUT2D eigenvalue weighted by atomic mass is 32.1. The van der Waals surface area contributed by atoms with Crippen LogP contribution in [-0.4, -0.2) is 11.8 Å². The van der Waals surface area contributed by atoms with E-state index in [2.05, 4.69) is 0 Å². The van der Waals surface area contributed by atoms with E-state index in [1.807, 2.05) is 17.5 Å². The van der Waals surface area contributed by atoms with Crippen molar-refractivity contribution in [1.29, 1.82) is 0 Å². The first-order chi connectivity index (χ1) is 10.2. The number of carbonyl (C=O) groups excluding carboxylic acids is 2. The number of Topliss-reactive ketones (excluding diaryl/α,β-unsaturated/α-hetero) is 1. The zero-order valence-electron chi connectivity index (χ0n) is 11.3. The summed E-state index contributed by atoms with van der Waals surface area (Å²) in [6.07, 6.45) is 2.01. The monoisotopic (exact) mass is 300 g/mol. The highest BCUT2D eigenvalue weighted by Crippen LogP contribution is 2.35. The first kappa shape index (κ1) is 13.6. The van der Waals surface area contributed by atoms with Gasteiger partial charge < -0.3 is 9.47 Å². The fourth-order valence-corrected chi connectivity index (χ4v) is 2.58. The highest BCUT2D eigenvalue weighted by molar-refractivity contribution is 7.10. The number of hydrogen-bond donors (Lipinski definition) is 0. The van der Waals surface area contributed by atoms with E-state index in [-0.39, 0.29) is 17.5 Å². The zero-order chi connectivity index (χ0) is 14.8. The number of esters is 1. The lowest BCUT2D eigenvalue weighted by Gasteiger charge is -2.03. The number of thiophene rings is 1. The van der Waals surface area contributed by atoms with Crippen LogP contribution in [0.2, 0.25) is 0 Å². The average molecular weight is 300 g/mol. The Morgan fingerprint density at radius 3 is 2.95 bits per heavy atom. The molecule has 4 nitrogen and oxygen atoms in total. The first-order valence-corrected chi connectivity index (χ1v) is 7.38. The number of benzene rings is 1. The van der Waals surface area contributed by atoms with Gasteiger partial charge in [0, 0.05) is 23.4 Å². The Kier molecular flexibility index (Phi) is 3.58. The van der Waals surface area contributed by atoms with Gasteiger partial charge in [-0.25, -0.2) is 0 Å². The molecule has 106 valence electrons. The number of carbonyl (C=O) groups is 2. The molecule has 0 amide bonds. The third kappa shape index (κ3) is 2.73. The smallest absolute Gasteiger partial charge is 0.310 e. The lowest BCUT2D eigenvalue weighted by molar-refractivity contribution is -0.134. The van der Waals surface area contributed by atoms with Gasteiger partial charge in [-0.05, 0) is 23.6 Å². The summed E-state index contributed by atoms with van der Waals surface area (Å²) in [6.45, 7) is 1.72. The highest BCUT2D eigenvalue weighted by Gasteiger charge is 2.28. The standard InChI is InChI=1S/C16H12O4S/c1-2-15(17)19-10-5-6-12-13(8-10)20-14(16(12)18)9-11-4-3-7-21-11/h3-9H,2H2,1H3/b14-9-. The minimum absolute atomic E-state index is 0.160. The fourth-order valence-electron chi connectivity index (χ4n) is 1.94. The summed E-state index contributed by atoms with van der Waals surface area (Å²) in [5.74, 6) is 0.599. The van der Waals surface area contributed by atoms with E-state index in [1.54, 1.807) is 31.2 Å². The molecule has 0 unspecified atom stereocenters. The Labute approximate surface area is 125 Å². The van der Waals surface area contributed by atoms with Crippen molar-refractivity contribution in [2.45, 2.75) is 13.3 Å². The lowest BCUT2D eigenvalue weighted by Crippen LogP contribution is -2.05. The number of rotatable bonds is 3. The average Bonchev–Trinajstić information content (AvgIpc) is 3.08. The second-order valence-electron chi connectivity index (χ2n) is 4.44. The molecule has 2 heterocycles. The molecule has 1 aliphatic rings. The molecular weight excluding hydrogens is 288 g/mol. The second-order valence-corrected chi connectivity index (χ2v) is 5.42.